The van der Waals surface area contributed by atoms with E-state index in [0.717, 1.165) is 149 Å². The summed E-state index contributed by atoms with van der Waals surface area (Å²) in [6.45, 7) is 21.4. The van der Waals surface area contributed by atoms with Crippen molar-refractivity contribution in [2.24, 2.45) is 0 Å². The van der Waals surface area contributed by atoms with Crippen LogP contribution in [0.1, 0.15) is 125 Å². The highest BCUT2D eigenvalue weighted by Crippen LogP contribution is 2.32. The molecule has 0 spiro atoms. The van der Waals surface area contributed by atoms with E-state index < -0.39 is 0 Å². The van der Waals surface area contributed by atoms with E-state index in [1.807, 2.05) is 151 Å². The van der Waals surface area contributed by atoms with Crippen LogP contribution in [-0.4, -0.2) is 188 Å². The van der Waals surface area contributed by atoms with E-state index in [2.05, 4.69) is 122 Å². The molecule has 14 rings (SSSR count). The second kappa shape index (κ2) is 30.9. The molecule has 518 valence electrons. The molecule has 2 atom stereocenters. The van der Waals surface area contributed by atoms with Crippen LogP contribution in [0.2, 0.25) is 0 Å². The second-order valence-corrected chi connectivity index (χ2v) is 25.7. The van der Waals surface area contributed by atoms with E-state index >= 15 is 0 Å². The number of likely N-dealkylation sites (tertiary alicyclic amines) is 2. The van der Waals surface area contributed by atoms with Gasteiger partial charge in [-0.3, -0.25) is 42.5 Å². The van der Waals surface area contributed by atoms with Crippen molar-refractivity contribution in [3.05, 3.63) is 130 Å². The number of hydrogen-bond donors (Lipinski definition) is 3. The van der Waals surface area contributed by atoms with Crippen LogP contribution in [0.5, 0.6) is 0 Å². The Hall–Kier alpha value is -10.6. The summed E-state index contributed by atoms with van der Waals surface area (Å²) in [5.74, 6) is 0.255. The van der Waals surface area contributed by atoms with Crippen molar-refractivity contribution in [3.63, 3.8) is 0 Å². The molecule has 0 aromatic carbocycles. The number of fused-ring (bicyclic) bond motifs is 3. The van der Waals surface area contributed by atoms with Crippen LogP contribution in [-0.2, 0) is 34.0 Å². The summed E-state index contributed by atoms with van der Waals surface area (Å²) < 4.78 is 17.0. The van der Waals surface area contributed by atoms with Gasteiger partial charge in [0.15, 0.2) is 0 Å². The van der Waals surface area contributed by atoms with Crippen molar-refractivity contribution in [2.45, 2.75) is 163 Å². The van der Waals surface area contributed by atoms with Gasteiger partial charge < -0.3 is 25.8 Å². The zero-order chi connectivity index (χ0) is 69.3. The largest absolute Gasteiger partial charge is 0.352 e. The van der Waals surface area contributed by atoms with Crippen molar-refractivity contribution >= 4 is 34.3 Å². The first-order valence-electron chi connectivity index (χ1n) is 34.6. The van der Waals surface area contributed by atoms with E-state index in [4.69, 9.17) is 15.0 Å². The monoisotopic (exact) mass is 1340 g/mol. The molecular formula is C70H90N26O3. The zero-order valence-corrected chi connectivity index (χ0v) is 58.2. The molecule has 0 unspecified atom stereocenters. The van der Waals surface area contributed by atoms with Gasteiger partial charge in [-0.05, 0) is 83.4 Å². The molecule has 99 heavy (non-hydrogen) atoms. The minimum Gasteiger partial charge on any atom is -0.352 e. The van der Waals surface area contributed by atoms with Crippen LogP contribution in [0.3, 0.4) is 0 Å². The molecule has 2 aliphatic rings. The Balaban J connectivity index is 0.000000141. The molecule has 3 amide bonds. The number of likely N-dealkylation sites (N-methyl/N-ethyl adjacent to an activating group) is 2. The van der Waals surface area contributed by atoms with Crippen LogP contribution < -0.4 is 16.0 Å². The molecule has 12 aromatic rings. The average molecular weight is 1340 g/mol. The summed E-state index contributed by atoms with van der Waals surface area (Å²) in [6.07, 6.45) is 41.9. The van der Waals surface area contributed by atoms with Crippen molar-refractivity contribution in [1.29, 1.82) is 0 Å². The Labute approximate surface area is 574 Å². The lowest BCUT2D eigenvalue weighted by atomic mass is 10.1. The van der Waals surface area contributed by atoms with Crippen LogP contribution in [0, 0.1) is 0 Å². The molecule has 12 aromatic heterocycles. The molecule has 14 heterocycles. The van der Waals surface area contributed by atoms with E-state index in [1.165, 1.54) is 0 Å². The van der Waals surface area contributed by atoms with Gasteiger partial charge in [0.25, 0.3) is 0 Å². The highest BCUT2D eigenvalue weighted by molar-refractivity contribution is 5.85. The molecule has 2 saturated heterocycles. The quantitative estimate of drug-likeness (QED) is 0.0457. The van der Waals surface area contributed by atoms with Gasteiger partial charge in [-0.25, -0.2) is 28.5 Å². The topological polar surface area (TPSA) is 291 Å². The van der Waals surface area contributed by atoms with Gasteiger partial charge >= 0.3 is 0 Å². The Bertz CT molecular complexity index is 4470. The lowest BCUT2D eigenvalue weighted by Gasteiger charge is -2.12. The maximum atomic E-state index is 12.1. The molecule has 2 aliphatic heterocycles. The molecule has 0 radical (unpaired) electrons. The van der Waals surface area contributed by atoms with Crippen LogP contribution in [0.25, 0.3) is 84.1 Å². The van der Waals surface area contributed by atoms with Gasteiger partial charge in [-0.2, -0.15) is 45.9 Å². The molecule has 29 nitrogen and oxygen atoms in total. The maximum Gasteiger partial charge on any atom is 0.241 e. The minimum absolute atomic E-state index is 0.0744. The van der Waals surface area contributed by atoms with Crippen LogP contribution >= 0.6 is 0 Å². The standard InChI is InChI=1S/2C24H31N9O.C22H28N8O/c2*1-4-19(5-2)32-15-18(13-28-32)23-22-6-8-26-33(22)16-21(29-23)17-12-27-31(14-17)11-9-25-20-7-10-30(3)24(20)34;1-5-18(6-2)29-12-17(10-25-29)22-20-7-8-23-30(20)13-19(27-22)16-9-24-28(11-16)14-21(31)26-15(3)4/h2*6,8,12-16,19-20,25H,4-5,7,9-11H2,1-3H3;7-13,15,18H,5-6,14H2,1-4H3,(H,26,31)/t2*20-;/m10./s1. The number of carbonyl (C=O) groups excluding carboxylic acids is 3. The number of hydrogen-bond acceptors (Lipinski definition) is 17. The molecule has 0 bridgehead atoms. The third-order valence-electron chi connectivity index (χ3n) is 18.6. The minimum atomic E-state index is -0.0904. The average Bonchev–Trinajstić information content (AvgIpc) is 1.67. The molecule has 2 fully saturated rings. The fourth-order valence-electron chi connectivity index (χ4n) is 12.9. The number of nitrogens with one attached hydrogen (secondary N) is 3. The number of carbonyl (C=O) groups is 3. The normalized spacial score (nSPS) is 14.9. The summed E-state index contributed by atoms with van der Waals surface area (Å²) in [5, 5.41) is 50.0. The highest BCUT2D eigenvalue weighted by Gasteiger charge is 2.30. The Morgan fingerprint density at radius 3 is 1.10 bits per heavy atom. The summed E-state index contributed by atoms with van der Waals surface area (Å²) in [4.78, 5) is 54.6. The summed E-state index contributed by atoms with van der Waals surface area (Å²) in [5.41, 5.74) is 13.2. The van der Waals surface area contributed by atoms with Gasteiger partial charge in [0.1, 0.15) is 6.54 Å². The number of rotatable bonds is 26. The van der Waals surface area contributed by atoms with Gasteiger partial charge in [-0.15, -0.1) is 0 Å². The number of aromatic nitrogens is 21. The van der Waals surface area contributed by atoms with Gasteiger partial charge in [0.05, 0.1) is 168 Å². The first-order valence-corrected chi connectivity index (χ1v) is 34.6. The summed E-state index contributed by atoms with van der Waals surface area (Å²) in [6, 6.07) is 6.92. The second-order valence-electron chi connectivity index (χ2n) is 25.7. The first kappa shape index (κ1) is 68.4. The Morgan fingerprint density at radius 1 is 0.444 bits per heavy atom. The van der Waals surface area contributed by atoms with Gasteiger partial charge in [-0.1, -0.05) is 41.5 Å². The SMILES string of the molecule is CCC(CC)n1cc(-c2nc(-c3cnn(CC(=O)NC(C)C)c3)cn3nccc23)cn1.CCC(CC)n1cc(-c2nc(-c3cnn(CCN[C@@H]4CCN(C)C4=O)c3)cn3nccc23)cn1.CCC(CC)n1cc(-c2nc(-c3cnn(CCN[C@H]4CCN(C)C4=O)c3)cn3nccc23)cn1. The summed E-state index contributed by atoms with van der Waals surface area (Å²) in [7, 11) is 3.69. The Morgan fingerprint density at radius 2 is 0.778 bits per heavy atom. The van der Waals surface area contributed by atoms with E-state index in [-0.39, 0.29) is 42.4 Å². The van der Waals surface area contributed by atoms with E-state index in [1.54, 1.807) is 39.3 Å². The number of nitrogens with zero attached hydrogens (tertiary/aromatic N) is 23. The van der Waals surface area contributed by atoms with Crippen LogP contribution in [0.4, 0.5) is 0 Å². The highest BCUT2D eigenvalue weighted by atomic mass is 16.2. The fourth-order valence-corrected chi connectivity index (χ4v) is 12.9. The van der Waals surface area contributed by atoms with E-state index in [0.29, 0.717) is 44.3 Å². The van der Waals surface area contributed by atoms with Crippen molar-refractivity contribution in [3.8, 4) is 67.5 Å². The lowest BCUT2D eigenvalue weighted by Crippen LogP contribution is -2.38. The number of amides is 3. The Kier molecular flexibility index (Phi) is 21.3. The molecular weight excluding hydrogens is 1250 g/mol. The van der Waals surface area contributed by atoms with Crippen LogP contribution in [0.15, 0.2) is 130 Å². The van der Waals surface area contributed by atoms with E-state index in [9.17, 15) is 14.4 Å². The van der Waals surface area contributed by atoms with Crippen molar-refractivity contribution < 1.29 is 14.4 Å². The fraction of sp³-hybridized carbons (Fsp3) is 0.443. The molecule has 0 aliphatic carbocycles. The maximum absolute atomic E-state index is 12.1. The van der Waals surface area contributed by atoms with Crippen molar-refractivity contribution in [2.75, 3.05) is 40.3 Å². The third kappa shape index (κ3) is 15.4. The smallest absolute Gasteiger partial charge is 0.241 e. The van der Waals surface area contributed by atoms with Gasteiger partial charge in [0, 0.05) is 117 Å². The zero-order valence-electron chi connectivity index (χ0n) is 58.2. The summed E-state index contributed by atoms with van der Waals surface area (Å²) >= 11 is 0. The predicted octanol–water partition coefficient (Wildman–Crippen LogP) is 8.62. The molecule has 3 N–H and O–H groups in total. The van der Waals surface area contributed by atoms with Gasteiger partial charge in [0.2, 0.25) is 17.7 Å². The first-order chi connectivity index (χ1) is 48.1. The van der Waals surface area contributed by atoms with Crippen molar-refractivity contribution in [1.82, 2.24) is 128 Å². The lowest BCUT2D eigenvalue weighted by molar-refractivity contribution is -0.129. The molecule has 0 saturated carbocycles. The third-order valence-corrected chi connectivity index (χ3v) is 18.6. The molecule has 29 heteroatoms. The predicted molar refractivity (Wildman–Crippen MR) is 377 cm³/mol.